The molecule has 1 N–H and O–H groups in total. The van der Waals surface area contributed by atoms with Crippen LogP contribution in [0.15, 0.2) is 29.8 Å². The van der Waals surface area contributed by atoms with Crippen LogP contribution in [0.4, 0.5) is 27.6 Å². The van der Waals surface area contributed by atoms with Crippen molar-refractivity contribution in [2.45, 2.75) is 35.4 Å². The lowest BCUT2D eigenvalue weighted by atomic mass is 9.56. The molecule has 232 valence electrons. The molecule has 0 spiro atoms. The zero-order chi connectivity index (χ0) is 32.2. The van der Waals surface area contributed by atoms with Gasteiger partial charge in [-0.3, -0.25) is 24.1 Å². The number of likely N-dealkylation sites (tertiary alicyclic amines) is 1. The summed E-state index contributed by atoms with van der Waals surface area (Å²) in [7, 11) is 1.31. The van der Waals surface area contributed by atoms with Gasteiger partial charge in [0.25, 0.3) is 11.8 Å². The largest absolute Gasteiger partial charge is 0.508 e. The number of alkyl halides is 2. The average Bonchev–Trinajstić information content (AvgIpc) is 3.33. The molecule has 2 heterocycles. The number of amides is 4. The summed E-state index contributed by atoms with van der Waals surface area (Å²) in [5.74, 6) is -21.5. The quantitative estimate of drug-likeness (QED) is 0.128. The molecule has 6 rings (SSSR count). The van der Waals surface area contributed by atoms with Gasteiger partial charge in [-0.05, 0) is 31.7 Å². The fourth-order valence-corrected chi connectivity index (χ4v) is 8.11. The molecule has 2 aliphatic heterocycles. The van der Waals surface area contributed by atoms with E-state index in [0.717, 1.165) is 11.0 Å². The maximum atomic E-state index is 15.0. The lowest BCUT2D eigenvalue weighted by molar-refractivity contribution is -0.140. The molecule has 4 aliphatic rings. The Morgan fingerprint density at radius 3 is 2.11 bits per heavy atom. The van der Waals surface area contributed by atoms with E-state index in [1.165, 1.54) is 19.2 Å². The second-order valence-corrected chi connectivity index (χ2v) is 12.3. The topological polar surface area (TPSA) is 104 Å². The first-order valence-electron chi connectivity index (χ1n) is 13.4. The molecule has 0 radical (unpaired) electrons. The van der Waals surface area contributed by atoms with Crippen molar-refractivity contribution in [2.24, 2.45) is 17.8 Å². The molecule has 44 heavy (non-hydrogen) atoms. The Bertz CT molecular complexity index is 1710. The number of hydrogen-bond donors (Lipinski definition) is 1. The SMILES string of the molecule is CCN1C(=O)C2CC=C3C(CC4(Cl)C(=O)N(c5c(F)c(F)c(F)c(F)c5F)C(=O)C4(Cl)C3c3ccc(OC)cc3O)C2C1=O. The van der Waals surface area contributed by atoms with E-state index in [1.807, 2.05) is 0 Å². The van der Waals surface area contributed by atoms with Crippen LogP contribution in [-0.2, 0) is 19.2 Å². The summed E-state index contributed by atoms with van der Waals surface area (Å²) in [5.41, 5.74) is -1.75. The predicted molar refractivity (Wildman–Crippen MR) is 143 cm³/mol. The zero-order valence-electron chi connectivity index (χ0n) is 22.8. The number of benzene rings is 2. The number of carbonyl (C=O) groups excluding carboxylic acids is 4. The van der Waals surface area contributed by atoms with Gasteiger partial charge in [-0.15, -0.1) is 23.2 Å². The summed E-state index contributed by atoms with van der Waals surface area (Å²) in [6.45, 7) is 1.64. The third-order valence-corrected chi connectivity index (χ3v) is 10.6. The van der Waals surface area contributed by atoms with E-state index in [1.54, 1.807) is 13.0 Å². The zero-order valence-corrected chi connectivity index (χ0v) is 24.3. The van der Waals surface area contributed by atoms with E-state index in [2.05, 4.69) is 0 Å². The van der Waals surface area contributed by atoms with E-state index >= 15 is 8.78 Å². The van der Waals surface area contributed by atoms with Gasteiger partial charge in [0.15, 0.2) is 33.0 Å². The van der Waals surface area contributed by atoms with Crippen LogP contribution < -0.4 is 9.64 Å². The Morgan fingerprint density at radius 1 is 0.932 bits per heavy atom. The van der Waals surface area contributed by atoms with E-state index in [-0.39, 0.29) is 34.8 Å². The predicted octanol–water partition coefficient (Wildman–Crippen LogP) is 4.68. The third-order valence-electron chi connectivity index (χ3n) is 9.18. The highest BCUT2D eigenvalue weighted by atomic mass is 35.5. The molecule has 8 nitrogen and oxygen atoms in total. The Labute approximate surface area is 255 Å². The number of fused-ring (bicyclic) bond motifs is 4. The van der Waals surface area contributed by atoms with Crippen molar-refractivity contribution in [1.82, 2.24) is 4.90 Å². The Hall–Kier alpha value is -3.71. The summed E-state index contributed by atoms with van der Waals surface area (Å²) >= 11 is 14.0. The fourth-order valence-electron chi connectivity index (χ4n) is 7.18. The highest BCUT2D eigenvalue weighted by Crippen LogP contribution is 2.66. The number of nitrogens with zero attached hydrogens (tertiary/aromatic N) is 2. The number of aromatic hydroxyl groups is 1. The summed E-state index contributed by atoms with van der Waals surface area (Å²) < 4.78 is 77.6. The van der Waals surface area contributed by atoms with Crippen LogP contribution in [0, 0.1) is 46.8 Å². The maximum absolute atomic E-state index is 15.0. The number of ether oxygens (including phenoxy) is 1. The monoisotopic (exact) mass is 658 g/mol. The van der Waals surface area contributed by atoms with E-state index in [9.17, 15) is 37.5 Å². The molecule has 2 aromatic carbocycles. The minimum Gasteiger partial charge on any atom is -0.508 e. The third kappa shape index (κ3) is 3.56. The van der Waals surface area contributed by atoms with Gasteiger partial charge < -0.3 is 9.84 Å². The van der Waals surface area contributed by atoms with E-state index < -0.39 is 104 Å². The summed E-state index contributed by atoms with van der Waals surface area (Å²) in [6, 6.07) is 3.84. The van der Waals surface area contributed by atoms with Gasteiger partial charge in [-0.1, -0.05) is 17.7 Å². The van der Waals surface area contributed by atoms with Crippen molar-refractivity contribution in [3.8, 4) is 11.5 Å². The molecule has 2 saturated heterocycles. The summed E-state index contributed by atoms with van der Waals surface area (Å²) in [6.07, 6.45) is 0.937. The molecule has 15 heteroatoms. The Balaban J connectivity index is 1.62. The lowest BCUT2D eigenvalue weighted by Gasteiger charge is -2.50. The standard InChI is InChI=1S/C29H21Cl2F5N2O6/c1-3-37-24(40)13-7-6-11-14(16(13)25(37)41)9-28(30)26(42)38(23-21(35)19(33)18(32)20(34)22(23)36)27(43)29(28,31)17(11)12-5-4-10(44-2)8-15(12)39/h4-6,8,13-14,16-17,39H,3,7,9H2,1-2H3. The van der Waals surface area contributed by atoms with Crippen LogP contribution in [0.1, 0.15) is 31.2 Å². The fraction of sp³-hybridized carbons (Fsp3) is 0.379. The molecule has 1 saturated carbocycles. The van der Waals surface area contributed by atoms with E-state index in [0.29, 0.717) is 0 Å². The highest BCUT2D eigenvalue weighted by molar-refractivity contribution is 6.58. The highest BCUT2D eigenvalue weighted by Gasteiger charge is 2.77. The number of hydrogen-bond acceptors (Lipinski definition) is 6. The van der Waals surface area contributed by atoms with Crippen molar-refractivity contribution in [3.63, 3.8) is 0 Å². The number of imide groups is 2. The smallest absolute Gasteiger partial charge is 0.258 e. The molecule has 6 atom stereocenters. The maximum Gasteiger partial charge on any atom is 0.258 e. The second kappa shape index (κ2) is 9.90. The molecule has 4 amide bonds. The van der Waals surface area contributed by atoms with Gasteiger partial charge in [-0.2, -0.15) is 0 Å². The second-order valence-electron chi connectivity index (χ2n) is 11.0. The van der Waals surface area contributed by atoms with E-state index in [4.69, 9.17) is 27.9 Å². The van der Waals surface area contributed by atoms with Crippen molar-refractivity contribution in [2.75, 3.05) is 18.6 Å². The Kier molecular flexibility index (Phi) is 6.82. The minimum atomic E-state index is -2.72. The number of carbonyl (C=O) groups is 4. The minimum absolute atomic E-state index is 0.0107. The Morgan fingerprint density at radius 2 is 1.55 bits per heavy atom. The number of allylic oxidation sites excluding steroid dienone is 2. The van der Waals surface area contributed by atoms with Crippen LogP contribution in [0.5, 0.6) is 11.5 Å². The molecule has 0 aromatic heterocycles. The molecule has 2 aromatic rings. The van der Waals surface area contributed by atoms with Gasteiger partial charge in [0.1, 0.15) is 17.2 Å². The normalized spacial score (nSPS) is 31.2. The number of rotatable bonds is 4. The number of phenolic OH excluding ortho intramolecular Hbond substituents is 1. The number of phenols is 1. The van der Waals surface area contributed by atoms with Crippen LogP contribution in [-0.4, -0.2) is 57.0 Å². The van der Waals surface area contributed by atoms with Crippen molar-refractivity contribution in [1.29, 1.82) is 0 Å². The number of anilines is 1. The lowest BCUT2D eigenvalue weighted by Crippen LogP contribution is -2.60. The number of halogens is 7. The first-order valence-corrected chi connectivity index (χ1v) is 14.1. The van der Waals surface area contributed by atoms with Crippen LogP contribution in [0.2, 0.25) is 0 Å². The van der Waals surface area contributed by atoms with Crippen LogP contribution in [0.3, 0.4) is 0 Å². The summed E-state index contributed by atoms with van der Waals surface area (Å²) in [5, 5.41) is 11.1. The van der Waals surface area contributed by atoms with Crippen molar-refractivity contribution < 1.29 is 51.0 Å². The molecule has 2 aliphatic carbocycles. The van der Waals surface area contributed by atoms with Crippen LogP contribution in [0.25, 0.3) is 0 Å². The van der Waals surface area contributed by atoms with Gasteiger partial charge in [-0.25, -0.2) is 26.9 Å². The molecular weight excluding hydrogens is 638 g/mol. The first-order chi connectivity index (χ1) is 20.7. The van der Waals surface area contributed by atoms with Crippen molar-refractivity contribution in [3.05, 3.63) is 64.5 Å². The van der Waals surface area contributed by atoms with Gasteiger partial charge in [0, 0.05) is 24.1 Å². The first kappa shape index (κ1) is 30.3. The number of methoxy groups -OCH3 is 1. The molecule has 0 bridgehead atoms. The molecular formula is C29H21Cl2F5N2O6. The van der Waals surface area contributed by atoms with Gasteiger partial charge in [0.05, 0.1) is 18.9 Å². The summed E-state index contributed by atoms with van der Waals surface area (Å²) in [4.78, 5) is 50.2. The van der Waals surface area contributed by atoms with Crippen LogP contribution >= 0.6 is 23.2 Å². The van der Waals surface area contributed by atoms with Crippen molar-refractivity contribution >= 4 is 52.5 Å². The van der Waals surface area contributed by atoms with Gasteiger partial charge in [0.2, 0.25) is 17.6 Å². The molecule has 3 fully saturated rings. The average molecular weight is 659 g/mol. The van der Waals surface area contributed by atoms with Gasteiger partial charge >= 0.3 is 0 Å². The molecule has 6 unspecified atom stereocenters.